The van der Waals surface area contributed by atoms with E-state index in [-0.39, 0.29) is 11.9 Å². The molecule has 0 radical (unpaired) electrons. The molecule has 0 aromatic heterocycles. The summed E-state index contributed by atoms with van der Waals surface area (Å²) in [4.78, 5) is 23.9. The molecule has 1 amide bonds. The Labute approximate surface area is 167 Å². The topological polar surface area (TPSA) is 64.6 Å². The summed E-state index contributed by atoms with van der Waals surface area (Å²) in [5.74, 6) is 0.401. The van der Waals surface area contributed by atoms with Crippen molar-refractivity contribution in [2.24, 2.45) is 0 Å². The Kier molecular flexibility index (Phi) is 9.05. The third-order valence-corrected chi connectivity index (χ3v) is 4.28. The zero-order chi connectivity index (χ0) is 20.2. The van der Waals surface area contributed by atoms with Crippen LogP contribution in [0.3, 0.4) is 0 Å². The van der Waals surface area contributed by atoms with E-state index in [9.17, 15) is 9.59 Å². The molecule has 150 valence electrons. The lowest BCUT2D eigenvalue weighted by molar-refractivity contribution is -0.116. The average Bonchev–Trinajstić information content (AvgIpc) is 2.72. The molecular formula is C23H29NO4. The van der Waals surface area contributed by atoms with Gasteiger partial charge in [0, 0.05) is 12.1 Å². The molecular weight excluding hydrogens is 354 g/mol. The zero-order valence-electron chi connectivity index (χ0n) is 16.7. The molecule has 2 aromatic rings. The van der Waals surface area contributed by atoms with Crippen molar-refractivity contribution < 1.29 is 19.1 Å². The first kappa shape index (κ1) is 21.5. The number of benzene rings is 2. The third-order valence-electron chi connectivity index (χ3n) is 4.28. The van der Waals surface area contributed by atoms with Gasteiger partial charge >= 0.3 is 5.97 Å². The molecule has 1 N–H and O–H groups in total. The van der Waals surface area contributed by atoms with Crippen LogP contribution in [0.1, 0.15) is 55.5 Å². The fraction of sp³-hybridized carbons (Fsp3) is 0.391. The summed E-state index contributed by atoms with van der Waals surface area (Å²) in [5.41, 5.74) is 2.41. The van der Waals surface area contributed by atoms with Gasteiger partial charge in [0.2, 0.25) is 5.91 Å². The first-order valence-corrected chi connectivity index (χ1v) is 9.91. The molecule has 0 aliphatic heterocycles. The van der Waals surface area contributed by atoms with E-state index in [0.29, 0.717) is 37.3 Å². The second kappa shape index (κ2) is 11.8. The highest BCUT2D eigenvalue weighted by atomic mass is 16.5. The number of anilines is 1. The van der Waals surface area contributed by atoms with Gasteiger partial charge in [-0.1, -0.05) is 32.4 Å². The minimum absolute atomic E-state index is 0.0804. The van der Waals surface area contributed by atoms with E-state index >= 15 is 0 Å². The molecule has 5 heteroatoms. The predicted molar refractivity (Wildman–Crippen MR) is 111 cm³/mol. The minimum atomic E-state index is -0.338. The summed E-state index contributed by atoms with van der Waals surface area (Å²) in [6.07, 6.45) is 3.83. The molecule has 0 heterocycles. The van der Waals surface area contributed by atoms with Crippen LogP contribution in [-0.4, -0.2) is 25.1 Å². The van der Waals surface area contributed by atoms with Crippen molar-refractivity contribution in [2.45, 2.75) is 46.0 Å². The van der Waals surface area contributed by atoms with Crippen LogP contribution in [0.25, 0.3) is 0 Å². The molecule has 0 saturated heterocycles. The highest BCUT2D eigenvalue weighted by Crippen LogP contribution is 2.14. The number of carbonyl (C=O) groups is 2. The van der Waals surface area contributed by atoms with Crippen LogP contribution in [0.4, 0.5) is 5.69 Å². The van der Waals surface area contributed by atoms with Crippen LogP contribution < -0.4 is 10.1 Å². The quantitative estimate of drug-likeness (QED) is 0.438. The monoisotopic (exact) mass is 383 g/mol. The predicted octanol–water partition coefficient (Wildman–Crippen LogP) is 5.00. The van der Waals surface area contributed by atoms with Gasteiger partial charge in [-0.3, -0.25) is 4.79 Å². The normalized spacial score (nSPS) is 10.4. The zero-order valence-corrected chi connectivity index (χ0v) is 16.7. The summed E-state index contributed by atoms with van der Waals surface area (Å²) in [6, 6.07) is 14.7. The number of aryl methyl sites for hydroxylation is 1. The van der Waals surface area contributed by atoms with E-state index in [1.165, 1.54) is 5.56 Å². The first-order valence-electron chi connectivity index (χ1n) is 9.91. The molecule has 0 unspecified atom stereocenters. The molecule has 2 rings (SSSR count). The number of unbranched alkanes of at least 4 members (excludes halogenated alkanes) is 1. The Morgan fingerprint density at radius 2 is 1.61 bits per heavy atom. The van der Waals surface area contributed by atoms with Gasteiger partial charge in [-0.05, 0) is 61.2 Å². The Morgan fingerprint density at radius 3 is 2.25 bits per heavy atom. The molecule has 0 atom stereocenters. The smallest absolute Gasteiger partial charge is 0.338 e. The molecule has 0 saturated carbocycles. The van der Waals surface area contributed by atoms with Gasteiger partial charge < -0.3 is 14.8 Å². The van der Waals surface area contributed by atoms with Crippen molar-refractivity contribution >= 4 is 17.6 Å². The van der Waals surface area contributed by atoms with Gasteiger partial charge in [-0.15, -0.1) is 0 Å². The number of carbonyl (C=O) groups excluding carboxylic acids is 2. The largest absolute Gasteiger partial charge is 0.494 e. The molecule has 0 spiro atoms. The highest BCUT2D eigenvalue weighted by molar-refractivity contribution is 5.93. The van der Waals surface area contributed by atoms with Crippen molar-refractivity contribution in [2.75, 3.05) is 18.5 Å². The van der Waals surface area contributed by atoms with Gasteiger partial charge in [0.25, 0.3) is 0 Å². The Morgan fingerprint density at radius 1 is 0.893 bits per heavy atom. The maximum atomic E-state index is 12.0. The standard InChI is InChI=1S/C23H29NO4/c1-3-5-16-28-23(26)19-10-12-20(13-11-19)24-22(25)7-6-17-27-21-14-8-18(4-2)9-15-21/h8-15H,3-7,16-17H2,1-2H3,(H,24,25). The minimum Gasteiger partial charge on any atom is -0.494 e. The molecule has 0 aliphatic rings. The fourth-order valence-electron chi connectivity index (χ4n) is 2.55. The second-order valence-electron chi connectivity index (χ2n) is 6.56. The summed E-state index contributed by atoms with van der Waals surface area (Å²) >= 11 is 0. The van der Waals surface area contributed by atoms with Gasteiger partial charge in [0.05, 0.1) is 18.8 Å². The van der Waals surface area contributed by atoms with Crippen LogP contribution in [0.15, 0.2) is 48.5 Å². The Bertz CT molecular complexity index is 738. The number of esters is 1. The molecule has 0 bridgehead atoms. The summed E-state index contributed by atoms with van der Waals surface area (Å²) in [5, 5.41) is 2.83. The van der Waals surface area contributed by atoms with Crippen molar-refractivity contribution in [3.63, 3.8) is 0 Å². The summed E-state index contributed by atoms with van der Waals surface area (Å²) in [6.45, 7) is 5.07. The summed E-state index contributed by atoms with van der Waals surface area (Å²) in [7, 11) is 0. The molecule has 0 aliphatic carbocycles. The Hall–Kier alpha value is -2.82. The van der Waals surface area contributed by atoms with E-state index in [0.717, 1.165) is 25.0 Å². The molecule has 5 nitrogen and oxygen atoms in total. The number of rotatable bonds is 11. The number of hydrogen-bond donors (Lipinski definition) is 1. The van der Waals surface area contributed by atoms with Crippen molar-refractivity contribution in [3.05, 3.63) is 59.7 Å². The van der Waals surface area contributed by atoms with Crippen LogP contribution in [0, 0.1) is 0 Å². The van der Waals surface area contributed by atoms with Crippen molar-refractivity contribution in [1.29, 1.82) is 0 Å². The van der Waals surface area contributed by atoms with E-state index in [4.69, 9.17) is 9.47 Å². The molecule has 2 aromatic carbocycles. The third kappa shape index (κ3) is 7.43. The lowest BCUT2D eigenvalue weighted by atomic mass is 10.2. The lowest BCUT2D eigenvalue weighted by Gasteiger charge is -2.08. The van der Waals surface area contributed by atoms with Gasteiger partial charge in [0.15, 0.2) is 0 Å². The van der Waals surface area contributed by atoms with Crippen LogP contribution in [-0.2, 0) is 16.0 Å². The summed E-state index contributed by atoms with van der Waals surface area (Å²) < 4.78 is 10.8. The lowest BCUT2D eigenvalue weighted by Crippen LogP contribution is -2.13. The van der Waals surface area contributed by atoms with E-state index in [1.807, 2.05) is 31.2 Å². The maximum Gasteiger partial charge on any atom is 0.338 e. The average molecular weight is 383 g/mol. The van der Waals surface area contributed by atoms with E-state index in [2.05, 4.69) is 12.2 Å². The number of nitrogens with one attached hydrogen (secondary N) is 1. The number of hydrogen-bond acceptors (Lipinski definition) is 4. The van der Waals surface area contributed by atoms with Gasteiger partial charge in [-0.2, -0.15) is 0 Å². The van der Waals surface area contributed by atoms with Crippen LogP contribution >= 0.6 is 0 Å². The molecule has 0 fully saturated rings. The van der Waals surface area contributed by atoms with Gasteiger partial charge in [0.1, 0.15) is 5.75 Å². The maximum absolute atomic E-state index is 12.0. The molecule has 28 heavy (non-hydrogen) atoms. The highest BCUT2D eigenvalue weighted by Gasteiger charge is 2.08. The van der Waals surface area contributed by atoms with Crippen molar-refractivity contribution in [3.8, 4) is 5.75 Å². The van der Waals surface area contributed by atoms with E-state index in [1.54, 1.807) is 24.3 Å². The Balaban J connectivity index is 1.68. The second-order valence-corrected chi connectivity index (χ2v) is 6.56. The van der Waals surface area contributed by atoms with Gasteiger partial charge in [-0.25, -0.2) is 4.79 Å². The number of ether oxygens (including phenoxy) is 2. The van der Waals surface area contributed by atoms with Crippen molar-refractivity contribution in [1.82, 2.24) is 0 Å². The van der Waals surface area contributed by atoms with E-state index < -0.39 is 0 Å². The number of amides is 1. The first-order chi connectivity index (χ1) is 13.6. The SMILES string of the molecule is CCCCOC(=O)c1ccc(NC(=O)CCCOc2ccc(CC)cc2)cc1. The van der Waals surface area contributed by atoms with Crippen LogP contribution in [0.5, 0.6) is 5.75 Å². The fourth-order valence-corrected chi connectivity index (χ4v) is 2.55. The van der Waals surface area contributed by atoms with Crippen LogP contribution in [0.2, 0.25) is 0 Å².